The molecular weight excluding hydrogens is 266 g/mol. The lowest BCUT2D eigenvalue weighted by Crippen LogP contribution is -2.11. The van der Waals surface area contributed by atoms with Crippen LogP contribution in [0.1, 0.15) is 31.7 Å². The van der Waals surface area contributed by atoms with Crippen molar-refractivity contribution in [1.29, 1.82) is 5.26 Å². The predicted molar refractivity (Wildman–Crippen MR) is 75.6 cm³/mol. The smallest absolute Gasteiger partial charge is 0.178 e. The van der Waals surface area contributed by atoms with Gasteiger partial charge in [-0.25, -0.2) is 8.42 Å². The molecule has 3 nitrogen and oxygen atoms in total. The molecule has 1 aromatic rings. The molecule has 0 saturated heterocycles. The van der Waals surface area contributed by atoms with Crippen LogP contribution >= 0.6 is 12.6 Å². The van der Waals surface area contributed by atoms with Crippen molar-refractivity contribution < 1.29 is 8.42 Å². The number of hydrogen-bond donors (Lipinski definition) is 1. The van der Waals surface area contributed by atoms with Gasteiger partial charge in [-0.2, -0.15) is 17.9 Å². The third kappa shape index (κ3) is 3.50. The molecule has 0 heterocycles. The molecule has 2 atom stereocenters. The molecule has 0 saturated carbocycles. The summed E-state index contributed by atoms with van der Waals surface area (Å²) >= 11 is 4.37. The highest BCUT2D eigenvalue weighted by atomic mass is 32.2. The van der Waals surface area contributed by atoms with Crippen LogP contribution in [0.4, 0.5) is 0 Å². The fourth-order valence-electron chi connectivity index (χ4n) is 1.77. The molecule has 2 unspecified atom stereocenters. The highest BCUT2D eigenvalue weighted by Gasteiger charge is 2.19. The van der Waals surface area contributed by atoms with Gasteiger partial charge in [0.15, 0.2) is 9.84 Å². The van der Waals surface area contributed by atoms with Gasteiger partial charge >= 0.3 is 0 Å². The van der Waals surface area contributed by atoms with Crippen LogP contribution in [-0.4, -0.2) is 19.4 Å². The Morgan fingerprint density at radius 3 is 2.61 bits per heavy atom. The van der Waals surface area contributed by atoms with Crippen LogP contribution in [0.3, 0.4) is 0 Å². The summed E-state index contributed by atoms with van der Waals surface area (Å²) in [4.78, 5) is 0.319. The van der Waals surface area contributed by atoms with E-state index >= 15 is 0 Å². The van der Waals surface area contributed by atoms with Crippen molar-refractivity contribution >= 4 is 22.5 Å². The SMILES string of the molecule is CCS(=O)(=O)c1cccc(C(CC#N)C(C)S)c1. The molecule has 0 amide bonds. The van der Waals surface area contributed by atoms with Gasteiger partial charge in [-0.3, -0.25) is 0 Å². The quantitative estimate of drug-likeness (QED) is 0.845. The topological polar surface area (TPSA) is 57.9 Å². The van der Waals surface area contributed by atoms with E-state index in [1.54, 1.807) is 25.1 Å². The molecule has 0 aliphatic carbocycles. The van der Waals surface area contributed by atoms with Crippen LogP contribution in [-0.2, 0) is 9.84 Å². The maximum atomic E-state index is 11.8. The number of sulfone groups is 1. The second-order valence-electron chi connectivity index (χ2n) is 4.19. The molecule has 98 valence electrons. The minimum atomic E-state index is -3.20. The molecule has 18 heavy (non-hydrogen) atoms. The average Bonchev–Trinajstić information content (AvgIpc) is 2.35. The summed E-state index contributed by atoms with van der Waals surface area (Å²) in [5, 5.41) is 8.82. The Morgan fingerprint density at radius 2 is 2.11 bits per heavy atom. The Labute approximate surface area is 114 Å². The van der Waals surface area contributed by atoms with E-state index in [1.165, 1.54) is 0 Å². The number of hydrogen-bond acceptors (Lipinski definition) is 4. The highest BCUT2D eigenvalue weighted by molar-refractivity contribution is 7.91. The Morgan fingerprint density at radius 1 is 1.44 bits per heavy atom. The largest absolute Gasteiger partial charge is 0.224 e. The lowest BCUT2D eigenvalue weighted by molar-refractivity contribution is 0.596. The Balaban J connectivity index is 3.20. The summed E-state index contributed by atoms with van der Waals surface area (Å²) in [5.74, 6) is 0.0286. The highest BCUT2D eigenvalue weighted by Crippen LogP contribution is 2.28. The van der Waals surface area contributed by atoms with Crippen LogP contribution in [0, 0.1) is 11.3 Å². The molecule has 0 aliphatic heterocycles. The van der Waals surface area contributed by atoms with Crippen LogP contribution in [0.5, 0.6) is 0 Å². The number of rotatable bonds is 5. The standard InChI is InChI=1S/C13H17NO2S2/c1-3-18(15,16)12-6-4-5-11(9-12)13(7-8-14)10(2)17/h4-6,9-10,13,17H,3,7H2,1-2H3. The first-order valence-electron chi connectivity index (χ1n) is 5.80. The first-order chi connectivity index (χ1) is 8.42. The zero-order chi connectivity index (χ0) is 13.8. The van der Waals surface area contributed by atoms with Crippen LogP contribution < -0.4 is 0 Å². The summed E-state index contributed by atoms with van der Waals surface area (Å²) in [7, 11) is -3.20. The van der Waals surface area contributed by atoms with E-state index in [4.69, 9.17) is 5.26 Å². The number of nitriles is 1. The van der Waals surface area contributed by atoms with E-state index in [0.29, 0.717) is 11.3 Å². The van der Waals surface area contributed by atoms with Gasteiger partial charge in [-0.05, 0) is 17.7 Å². The Kier molecular flexibility index (Phi) is 5.24. The molecule has 0 N–H and O–H groups in total. The van der Waals surface area contributed by atoms with Crippen molar-refractivity contribution in [3.8, 4) is 6.07 Å². The van der Waals surface area contributed by atoms with Crippen LogP contribution in [0.2, 0.25) is 0 Å². The van der Waals surface area contributed by atoms with E-state index in [9.17, 15) is 8.42 Å². The monoisotopic (exact) mass is 283 g/mol. The number of nitrogens with zero attached hydrogens (tertiary/aromatic N) is 1. The fourth-order valence-corrected chi connectivity index (χ4v) is 2.98. The van der Waals surface area contributed by atoms with Gasteiger partial charge in [0.25, 0.3) is 0 Å². The van der Waals surface area contributed by atoms with Gasteiger partial charge in [0.1, 0.15) is 0 Å². The van der Waals surface area contributed by atoms with E-state index in [2.05, 4.69) is 18.7 Å². The van der Waals surface area contributed by atoms with Gasteiger partial charge in [0.2, 0.25) is 0 Å². The minimum Gasteiger partial charge on any atom is -0.224 e. The van der Waals surface area contributed by atoms with Gasteiger partial charge in [-0.1, -0.05) is 26.0 Å². The van der Waals surface area contributed by atoms with Gasteiger partial charge in [0, 0.05) is 17.6 Å². The normalized spacial score (nSPS) is 14.8. The molecule has 1 aromatic carbocycles. The van der Waals surface area contributed by atoms with Crippen molar-refractivity contribution in [2.75, 3.05) is 5.75 Å². The van der Waals surface area contributed by atoms with Crippen molar-refractivity contribution in [1.82, 2.24) is 0 Å². The van der Waals surface area contributed by atoms with Gasteiger partial charge in [0.05, 0.1) is 16.7 Å². The van der Waals surface area contributed by atoms with E-state index in [1.807, 2.05) is 13.0 Å². The summed E-state index contributed by atoms with van der Waals surface area (Å²) in [6.07, 6.45) is 0.334. The maximum absolute atomic E-state index is 11.8. The predicted octanol–water partition coefficient (Wildman–Crippen LogP) is 2.80. The average molecular weight is 283 g/mol. The van der Waals surface area contributed by atoms with Crippen LogP contribution in [0.15, 0.2) is 29.2 Å². The molecule has 0 spiro atoms. The zero-order valence-electron chi connectivity index (χ0n) is 10.5. The van der Waals surface area contributed by atoms with Crippen molar-refractivity contribution in [2.45, 2.75) is 36.3 Å². The van der Waals surface area contributed by atoms with Crippen molar-refractivity contribution in [3.63, 3.8) is 0 Å². The molecule has 5 heteroatoms. The maximum Gasteiger partial charge on any atom is 0.178 e. The fraction of sp³-hybridized carbons (Fsp3) is 0.462. The molecule has 1 rings (SSSR count). The first kappa shape index (κ1) is 15.1. The summed E-state index contributed by atoms with van der Waals surface area (Å²) in [5.41, 5.74) is 0.855. The lowest BCUT2D eigenvalue weighted by atomic mass is 9.93. The molecular formula is C13H17NO2S2. The molecule has 0 fully saturated rings. The number of benzene rings is 1. The summed E-state index contributed by atoms with van der Waals surface area (Å²) in [6.45, 7) is 3.53. The minimum absolute atomic E-state index is 0.00392. The third-order valence-corrected chi connectivity index (χ3v) is 5.01. The summed E-state index contributed by atoms with van der Waals surface area (Å²) in [6, 6.07) is 8.95. The van der Waals surface area contributed by atoms with E-state index in [-0.39, 0.29) is 16.9 Å². The molecule has 0 aliphatic rings. The first-order valence-corrected chi connectivity index (χ1v) is 7.97. The lowest BCUT2D eigenvalue weighted by Gasteiger charge is -2.18. The van der Waals surface area contributed by atoms with Crippen molar-refractivity contribution in [2.24, 2.45) is 0 Å². The number of thiol groups is 1. The van der Waals surface area contributed by atoms with Gasteiger partial charge in [-0.15, -0.1) is 0 Å². The van der Waals surface area contributed by atoms with Gasteiger partial charge < -0.3 is 0 Å². The van der Waals surface area contributed by atoms with E-state index < -0.39 is 9.84 Å². The zero-order valence-corrected chi connectivity index (χ0v) is 12.2. The second kappa shape index (κ2) is 6.26. The Bertz CT molecular complexity index is 544. The van der Waals surface area contributed by atoms with Crippen LogP contribution in [0.25, 0.3) is 0 Å². The molecule has 0 bridgehead atoms. The third-order valence-electron chi connectivity index (χ3n) is 2.92. The second-order valence-corrected chi connectivity index (χ2v) is 7.28. The molecule has 0 aromatic heterocycles. The Hall–Kier alpha value is -0.990. The molecule has 0 radical (unpaired) electrons. The van der Waals surface area contributed by atoms with E-state index in [0.717, 1.165) is 5.56 Å². The summed E-state index contributed by atoms with van der Waals surface area (Å²) < 4.78 is 23.6. The van der Waals surface area contributed by atoms with Crippen molar-refractivity contribution in [3.05, 3.63) is 29.8 Å².